The first-order valence-electron chi connectivity index (χ1n) is 12.1. The first-order valence-corrected chi connectivity index (χ1v) is 15.4. The van der Waals surface area contributed by atoms with Gasteiger partial charge >= 0.3 is 5.97 Å². The molecule has 0 spiro atoms. The SMILES string of the molecule is CCCCCCCCCc1ccc2c3c(cccc13)C(=O)N(OC(=O)c1c(I)ccc(I)c1I)C2=O. The molecule has 0 radical (unpaired) electrons. The van der Waals surface area contributed by atoms with E-state index in [1.807, 2.05) is 30.3 Å². The summed E-state index contributed by atoms with van der Waals surface area (Å²) < 4.78 is 2.30. The molecule has 8 heteroatoms. The molecule has 188 valence electrons. The van der Waals surface area contributed by atoms with E-state index in [9.17, 15) is 14.4 Å². The van der Waals surface area contributed by atoms with E-state index in [0.29, 0.717) is 30.7 Å². The lowest BCUT2D eigenvalue weighted by Crippen LogP contribution is -2.42. The van der Waals surface area contributed by atoms with Crippen LogP contribution in [0.4, 0.5) is 0 Å². The third kappa shape index (κ3) is 5.74. The number of amides is 2. The second-order valence-electron chi connectivity index (χ2n) is 8.87. The Labute approximate surface area is 252 Å². The molecule has 36 heavy (non-hydrogen) atoms. The van der Waals surface area contributed by atoms with Crippen molar-refractivity contribution in [1.82, 2.24) is 5.06 Å². The molecule has 3 aromatic rings. The van der Waals surface area contributed by atoms with Gasteiger partial charge in [-0.3, -0.25) is 9.59 Å². The molecule has 3 aromatic carbocycles. The first-order chi connectivity index (χ1) is 17.3. The summed E-state index contributed by atoms with van der Waals surface area (Å²) in [6, 6.07) is 12.9. The van der Waals surface area contributed by atoms with E-state index in [-0.39, 0.29) is 0 Å². The topological polar surface area (TPSA) is 63.7 Å². The highest BCUT2D eigenvalue weighted by molar-refractivity contribution is 14.1. The third-order valence-corrected chi connectivity index (χ3v) is 10.4. The van der Waals surface area contributed by atoms with E-state index >= 15 is 0 Å². The second kappa shape index (κ2) is 12.5. The molecule has 0 saturated carbocycles. The third-order valence-electron chi connectivity index (χ3n) is 6.43. The van der Waals surface area contributed by atoms with E-state index in [1.54, 1.807) is 12.1 Å². The van der Waals surface area contributed by atoms with Crippen LogP contribution in [0.1, 0.15) is 88.5 Å². The van der Waals surface area contributed by atoms with E-state index in [2.05, 4.69) is 74.7 Å². The molecule has 0 saturated heterocycles. The quantitative estimate of drug-likeness (QED) is 0.0894. The van der Waals surface area contributed by atoms with Gasteiger partial charge in [0.1, 0.15) is 0 Å². The predicted octanol–water partition coefficient (Wildman–Crippen LogP) is 8.31. The molecule has 0 fully saturated rings. The van der Waals surface area contributed by atoms with Crippen molar-refractivity contribution in [2.45, 2.75) is 58.3 Å². The molecular formula is C28H26I3NO4. The average molecular weight is 821 g/mol. The number of unbranched alkanes of at least 4 members (excludes halogenated alkanes) is 6. The predicted molar refractivity (Wildman–Crippen MR) is 166 cm³/mol. The van der Waals surface area contributed by atoms with Crippen LogP contribution in [0.3, 0.4) is 0 Å². The molecule has 0 N–H and O–H groups in total. The number of carbonyl (C=O) groups is 3. The maximum Gasteiger partial charge on any atom is 0.366 e. The molecule has 0 unspecified atom stereocenters. The van der Waals surface area contributed by atoms with Crippen molar-refractivity contribution in [1.29, 1.82) is 0 Å². The number of hydrogen-bond acceptors (Lipinski definition) is 4. The lowest BCUT2D eigenvalue weighted by molar-refractivity contribution is -0.0622. The second-order valence-corrected chi connectivity index (χ2v) is 12.3. The maximum absolute atomic E-state index is 13.3. The minimum atomic E-state index is -0.727. The Morgan fingerprint density at radius 2 is 1.44 bits per heavy atom. The van der Waals surface area contributed by atoms with Crippen LogP contribution >= 0.6 is 67.8 Å². The standard InChI is InChI=1S/C28H26I3NO4/c1-2-3-4-5-6-7-8-10-17-13-14-20-23-18(17)11-9-12-19(23)26(33)32(27(20)34)36-28(35)24-21(29)15-16-22(30)25(24)31/h9,11-16H,2-8,10H2,1H3. The number of aryl methyl sites for hydroxylation is 1. The van der Waals surface area contributed by atoms with Crippen molar-refractivity contribution in [2.24, 2.45) is 0 Å². The molecule has 0 bridgehead atoms. The molecule has 2 amide bonds. The number of rotatable bonds is 10. The van der Waals surface area contributed by atoms with Gasteiger partial charge in [0, 0.05) is 16.1 Å². The van der Waals surface area contributed by atoms with Crippen LogP contribution in [-0.2, 0) is 11.3 Å². The van der Waals surface area contributed by atoms with Crippen molar-refractivity contribution in [3.8, 4) is 0 Å². The Kier molecular flexibility index (Phi) is 9.64. The molecular weight excluding hydrogens is 795 g/mol. The zero-order chi connectivity index (χ0) is 25.8. The highest BCUT2D eigenvalue weighted by atomic mass is 127. The molecule has 5 nitrogen and oxygen atoms in total. The monoisotopic (exact) mass is 821 g/mol. The van der Waals surface area contributed by atoms with Crippen molar-refractivity contribution in [3.05, 3.63) is 75.4 Å². The summed E-state index contributed by atoms with van der Waals surface area (Å²) in [7, 11) is 0. The number of nitrogens with zero attached hydrogens (tertiary/aromatic N) is 1. The molecule has 0 aromatic heterocycles. The van der Waals surface area contributed by atoms with Gasteiger partial charge in [-0.05, 0) is 116 Å². The zero-order valence-electron chi connectivity index (χ0n) is 19.9. The minimum absolute atomic E-state index is 0.345. The number of hydroxylamine groups is 2. The van der Waals surface area contributed by atoms with Crippen LogP contribution in [0.15, 0.2) is 42.5 Å². The minimum Gasteiger partial charge on any atom is -0.324 e. The van der Waals surface area contributed by atoms with Crippen LogP contribution < -0.4 is 0 Å². The lowest BCUT2D eigenvalue weighted by atomic mass is 9.90. The van der Waals surface area contributed by atoms with Crippen LogP contribution in [0.25, 0.3) is 10.8 Å². The number of benzene rings is 3. The van der Waals surface area contributed by atoms with Gasteiger partial charge in [-0.25, -0.2) is 4.79 Å². The van der Waals surface area contributed by atoms with Gasteiger partial charge in [-0.1, -0.05) is 68.7 Å². The van der Waals surface area contributed by atoms with Gasteiger partial charge < -0.3 is 4.84 Å². The Hall–Kier alpha value is -1.28. The Bertz CT molecular complexity index is 1320. The molecule has 4 rings (SSSR count). The summed E-state index contributed by atoms with van der Waals surface area (Å²) in [4.78, 5) is 45.2. The van der Waals surface area contributed by atoms with Crippen molar-refractivity contribution in [2.75, 3.05) is 0 Å². The average Bonchev–Trinajstić information content (AvgIpc) is 2.87. The molecule has 1 aliphatic heterocycles. The molecule has 0 aliphatic carbocycles. The molecule has 1 aliphatic rings. The summed E-state index contributed by atoms with van der Waals surface area (Å²) in [6.07, 6.45) is 9.49. The van der Waals surface area contributed by atoms with Crippen molar-refractivity contribution < 1.29 is 19.2 Å². The Morgan fingerprint density at radius 3 is 2.17 bits per heavy atom. The van der Waals surface area contributed by atoms with Crippen LogP contribution in [0.5, 0.6) is 0 Å². The van der Waals surface area contributed by atoms with Gasteiger partial charge in [0.2, 0.25) is 0 Å². The van der Waals surface area contributed by atoms with Gasteiger partial charge in [0.15, 0.2) is 0 Å². The van der Waals surface area contributed by atoms with E-state index in [4.69, 9.17) is 4.84 Å². The van der Waals surface area contributed by atoms with Crippen molar-refractivity contribution >= 4 is 96.3 Å². The first kappa shape index (κ1) is 27.7. The molecule has 1 heterocycles. The van der Waals surface area contributed by atoms with E-state index in [0.717, 1.165) is 30.9 Å². The fourth-order valence-corrected chi connectivity index (χ4v) is 6.88. The Morgan fingerprint density at radius 1 is 0.806 bits per heavy atom. The van der Waals surface area contributed by atoms with Crippen LogP contribution in [0.2, 0.25) is 0 Å². The fraction of sp³-hybridized carbons (Fsp3) is 0.321. The highest BCUT2D eigenvalue weighted by Crippen LogP contribution is 2.34. The Balaban J connectivity index is 1.56. The normalized spacial score (nSPS) is 12.9. The number of carbonyl (C=O) groups excluding carboxylic acids is 3. The number of imide groups is 1. The number of hydrogen-bond donors (Lipinski definition) is 0. The van der Waals surface area contributed by atoms with Crippen LogP contribution in [-0.4, -0.2) is 22.8 Å². The zero-order valence-corrected chi connectivity index (χ0v) is 26.4. The van der Waals surface area contributed by atoms with Gasteiger partial charge in [-0.2, -0.15) is 0 Å². The van der Waals surface area contributed by atoms with Gasteiger partial charge in [-0.15, -0.1) is 0 Å². The fourth-order valence-electron chi connectivity index (χ4n) is 4.55. The molecule has 0 atom stereocenters. The maximum atomic E-state index is 13.3. The largest absolute Gasteiger partial charge is 0.366 e. The van der Waals surface area contributed by atoms with Crippen LogP contribution in [0, 0.1) is 10.7 Å². The smallest absolute Gasteiger partial charge is 0.324 e. The summed E-state index contributed by atoms with van der Waals surface area (Å²) >= 11 is 6.27. The van der Waals surface area contributed by atoms with Gasteiger partial charge in [0.25, 0.3) is 11.8 Å². The van der Waals surface area contributed by atoms with E-state index in [1.165, 1.54) is 38.5 Å². The summed E-state index contributed by atoms with van der Waals surface area (Å²) in [5.74, 6) is -1.96. The lowest BCUT2D eigenvalue weighted by Gasteiger charge is -2.26. The van der Waals surface area contributed by atoms with Gasteiger partial charge in [0.05, 0.1) is 16.7 Å². The van der Waals surface area contributed by atoms with E-state index < -0.39 is 17.8 Å². The summed E-state index contributed by atoms with van der Waals surface area (Å²) in [6.45, 7) is 2.22. The number of halogens is 3. The van der Waals surface area contributed by atoms with Crippen molar-refractivity contribution in [3.63, 3.8) is 0 Å². The summed E-state index contributed by atoms with van der Waals surface area (Å²) in [5, 5.41) is 2.19. The summed E-state index contributed by atoms with van der Waals surface area (Å²) in [5.41, 5.74) is 2.24. The highest BCUT2D eigenvalue weighted by Gasteiger charge is 2.37.